The Labute approximate surface area is 78.0 Å². The number of guanidine groups is 1. The quantitative estimate of drug-likeness (QED) is 0.560. The molecule has 0 aliphatic rings. The van der Waals surface area contributed by atoms with Crippen molar-refractivity contribution in [3.63, 3.8) is 0 Å². The molecule has 0 aromatic carbocycles. The molecule has 0 amide bonds. The smallest absolute Gasteiger partial charge is 0.191 e. The fourth-order valence-electron chi connectivity index (χ4n) is 1.00. The van der Waals surface area contributed by atoms with Crippen molar-refractivity contribution in [3.05, 3.63) is 24.2 Å². The van der Waals surface area contributed by atoms with Crippen LogP contribution in [-0.4, -0.2) is 24.5 Å². The van der Waals surface area contributed by atoms with Gasteiger partial charge in [0.05, 0.1) is 12.8 Å². The molecule has 0 radical (unpaired) electrons. The van der Waals surface area contributed by atoms with Crippen molar-refractivity contribution in [2.75, 3.05) is 13.6 Å². The van der Waals surface area contributed by atoms with Crippen LogP contribution in [0.4, 0.5) is 0 Å². The van der Waals surface area contributed by atoms with E-state index in [2.05, 4.69) is 4.99 Å². The standard InChI is InChI=1S/C9H15N3O/c1-3-11-9(10)12(2)7-8-5-4-6-13-8/h4-6H,3,7H2,1-2H3,(H2,10,11). The zero-order valence-electron chi connectivity index (χ0n) is 8.03. The van der Waals surface area contributed by atoms with E-state index in [4.69, 9.17) is 10.2 Å². The van der Waals surface area contributed by atoms with Crippen LogP contribution in [0.2, 0.25) is 0 Å². The zero-order chi connectivity index (χ0) is 9.68. The van der Waals surface area contributed by atoms with E-state index < -0.39 is 0 Å². The van der Waals surface area contributed by atoms with E-state index in [1.165, 1.54) is 0 Å². The van der Waals surface area contributed by atoms with E-state index in [0.717, 1.165) is 5.76 Å². The predicted molar refractivity (Wildman–Crippen MR) is 52.3 cm³/mol. The summed E-state index contributed by atoms with van der Waals surface area (Å²) in [6.07, 6.45) is 1.65. The van der Waals surface area contributed by atoms with Gasteiger partial charge in [0.15, 0.2) is 5.96 Å². The van der Waals surface area contributed by atoms with Crippen molar-refractivity contribution in [1.29, 1.82) is 0 Å². The highest BCUT2D eigenvalue weighted by molar-refractivity contribution is 5.77. The molecule has 0 saturated carbocycles. The molecule has 1 heterocycles. The first-order valence-corrected chi connectivity index (χ1v) is 4.27. The summed E-state index contributed by atoms with van der Waals surface area (Å²) in [5.41, 5.74) is 5.68. The number of nitrogens with zero attached hydrogens (tertiary/aromatic N) is 2. The van der Waals surface area contributed by atoms with Gasteiger partial charge in [-0.3, -0.25) is 4.99 Å². The highest BCUT2D eigenvalue weighted by atomic mass is 16.3. The van der Waals surface area contributed by atoms with Crippen molar-refractivity contribution < 1.29 is 4.42 Å². The Bertz CT molecular complexity index is 266. The largest absolute Gasteiger partial charge is 0.467 e. The summed E-state index contributed by atoms with van der Waals surface area (Å²) in [4.78, 5) is 5.93. The van der Waals surface area contributed by atoms with Gasteiger partial charge in [-0.1, -0.05) is 0 Å². The Hall–Kier alpha value is -1.45. The van der Waals surface area contributed by atoms with Gasteiger partial charge < -0.3 is 15.1 Å². The van der Waals surface area contributed by atoms with E-state index in [1.54, 1.807) is 6.26 Å². The van der Waals surface area contributed by atoms with Crippen LogP contribution in [0.1, 0.15) is 12.7 Å². The van der Waals surface area contributed by atoms with Gasteiger partial charge in [0.25, 0.3) is 0 Å². The van der Waals surface area contributed by atoms with Crippen LogP contribution >= 0.6 is 0 Å². The molecule has 4 nitrogen and oxygen atoms in total. The first-order valence-electron chi connectivity index (χ1n) is 4.27. The third-order valence-corrected chi connectivity index (χ3v) is 1.68. The molecule has 0 fully saturated rings. The third kappa shape index (κ3) is 2.82. The maximum Gasteiger partial charge on any atom is 0.191 e. The minimum Gasteiger partial charge on any atom is -0.467 e. The number of nitrogens with two attached hydrogens (primary N) is 1. The van der Waals surface area contributed by atoms with E-state index >= 15 is 0 Å². The van der Waals surface area contributed by atoms with E-state index in [9.17, 15) is 0 Å². The molecule has 1 aromatic heterocycles. The van der Waals surface area contributed by atoms with Crippen LogP contribution in [0.5, 0.6) is 0 Å². The van der Waals surface area contributed by atoms with Crippen molar-refractivity contribution >= 4 is 5.96 Å². The topological polar surface area (TPSA) is 54.8 Å². The molecule has 0 saturated heterocycles. The molecular weight excluding hydrogens is 166 g/mol. The molecule has 0 aliphatic carbocycles. The van der Waals surface area contributed by atoms with Crippen molar-refractivity contribution in [2.45, 2.75) is 13.5 Å². The molecule has 0 spiro atoms. The summed E-state index contributed by atoms with van der Waals surface area (Å²) >= 11 is 0. The highest BCUT2D eigenvalue weighted by Crippen LogP contribution is 2.02. The van der Waals surface area contributed by atoms with E-state index in [1.807, 2.05) is 31.0 Å². The molecule has 1 rings (SSSR count). The van der Waals surface area contributed by atoms with Crippen molar-refractivity contribution in [2.24, 2.45) is 10.7 Å². The second kappa shape index (κ2) is 4.54. The highest BCUT2D eigenvalue weighted by Gasteiger charge is 2.03. The average molecular weight is 181 g/mol. The lowest BCUT2D eigenvalue weighted by molar-refractivity contribution is 0.407. The molecule has 4 heteroatoms. The Morgan fingerprint density at radius 1 is 1.69 bits per heavy atom. The van der Waals surface area contributed by atoms with Gasteiger partial charge in [-0.2, -0.15) is 0 Å². The number of hydrogen-bond donors (Lipinski definition) is 1. The summed E-state index contributed by atoms with van der Waals surface area (Å²) in [7, 11) is 1.89. The molecule has 0 unspecified atom stereocenters. The average Bonchev–Trinajstić information content (AvgIpc) is 2.57. The number of aliphatic imine (C=N–C) groups is 1. The Kier molecular flexibility index (Phi) is 3.37. The van der Waals surface area contributed by atoms with E-state index in [-0.39, 0.29) is 0 Å². The maximum absolute atomic E-state index is 5.68. The molecule has 0 atom stereocenters. The van der Waals surface area contributed by atoms with Crippen LogP contribution in [0.25, 0.3) is 0 Å². The molecule has 13 heavy (non-hydrogen) atoms. The van der Waals surface area contributed by atoms with Crippen LogP contribution in [0, 0.1) is 0 Å². The van der Waals surface area contributed by atoms with Gasteiger partial charge >= 0.3 is 0 Å². The van der Waals surface area contributed by atoms with Gasteiger partial charge in [0, 0.05) is 13.6 Å². The minimum atomic E-state index is 0.541. The van der Waals surface area contributed by atoms with Crippen molar-refractivity contribution in [1.82, 2.24) is 4.90 Å². The zero-order valence-corrected chi connectivity index (χ0v) is 8.03. The van der Waals surface area contributed by atoms with Gasteiger partial charge in [-0.15, -0.1) is 0 Å². The number of furan rings is 1. The predicted octanol–water partition coefficient (Wildman–Crippen LogP) is 1.05. The fraction of sp³-hybridized carbons (Fsp3) is 0.444. The van der Waals surface area contributed by atoms with Crippen LogP contribution < -0.4 is 5.73 Å². The van der Waals surface area contributed by atoms with Crippen LogP contribution in [-0.2, 0) is 6.54 Å². The molecular formula is C9H15N3O. The maximum atomic E-state index is 5.68. The van der Waals surface area contributed by atoms with Crippen molar-refractivity contribution in [3.8, 4) is 0 Å². The first-order chi connectivity index (χ1) is 6.24. The molecule has 2 N–H and O–H groups in total. The second-order valence-electron chi connectivity index (χ2n) is 2.77. The van der Waals surface area contributed by atoms with Crippen LogP contribution in [0.3, 0.4) is 0 Å². The third-order valence-electron chi connectivity index (χ3n) is 1.68. The molecule has 0 bridgehead atoms. The summed E-state index contributed by atoms with van der Waals surface area (Å²) in [5, 5.41) is 0. The second-order valence-corrected chi connectivity index (χ2v) is 2.77. The molecule has 72 valence electrons. The number of hydrogen-bond acceptors (Lipinski definition) is 2. The lowest BCUT2D eigenvalue weighted by atomic mass is 10.4. The fourth-order valence-corrected chi connectivity index (χ4v) is 1.00. The molecule has 1 aromatic rings. The number of rotatable bonds is 3. The first kappa shape index (κ1) is 9.64. The monoisotopic (exact) mass is 181 g/mol. The Balaban J connectivity index is 2.50. The van der Waals surface area contributed by atoms with E-state index in [0.29, 0.717) is 19.0 Å². The van der Waals surface area contributed by atoms with Gasteiger partial charge in [-0.25, -0.2) is 0 Å². The molecule has 0 aliphatic heterocycles. The summed E-state index contributed by atoms with van der Waals surface area (Å²) in [6, 6.07) is 3.77. The van der Waals surface area contributed by atoms with Crippen LogP contribution in [0.15, 0.2) is 27.8 Å². The SMILES string of the molecule is CCN=C(N)N(C)Cc1ccco1. The van der Waals surface area contributed by atoms with Gasteiger partial charge in [0.2, 0.25) is 0 Å². The summed E-state index contributed by atoms with van der Waals surface area (Å²) in [5.74, 6) is 1.43. The van der Waals surface area contributed by atoms with Gasteiger partial charge in [0.1, 0.15) is 5.76 Å². The lowest BCUT2D eigenvalue weighted by Gasteiger charge is -2.15. The summed E-state index contributed by atoms with van der Waals surface area (Å²) < 4.78 is 5.18. The van der Waals surface area contributed by atoms with Gasteiger partial charge in [-0.05, 0) is 19.1 Å². The Morgan fingerprint density at radius 2 is 2.46 bits per heavy atom. The lowest BCUT2D eigenvalue weighted by Crippen LogP contribution is -2.33. The summed E-state index contributed by atoms with van der Waals surface area (Å²) in [6.45, 7) is 3.31. The Morgan fingerprint density at radius 3 is 3.00 bits per heavy atom. The minimum absolute atomic E-state index is 0.541. The normalized spacial score (nSPS) is 11.7.